The highest BCUT2D eigenvalue weighted by molar-refractivity contribution is 5.76. The van der Waals surface area contributed by atoms with Crippen molar-refractivity contribution in [2.45, 2.75) is 386 Å². The Morgan fingerprint density at radius 2 is 0.728 bits per heavy atom. The van der Waals surface area contributed by atoms with Crippen LogP contribution in [0.5, 0.6) is 0 Å². The molecule has 0 aromatic carbocycles. The van der Waals surface area contributed by atoms with E-state index in [2.05, 4.69) is 29.8 Å². The summed E-state index contributed by atoms with van der Waals surface area (Å²) in [4.78, 5) is 38.4. The maximum atomic E-state index is 13.6. The fourth-order valence-corrected chi connectivity index (χ4v) is 14.0. The van der Waals surface area contributed by atoms with Gasteiger partial charge in [0.05, 0.1) is 51.8 Å². The van der Waals surface area contributed by atoms with E-state index in [0.29, 0.717) is 12.8 Å². The van der Waals surface area contributed by atoms with Crippen LogP contribution in [0, 0.1) is 0 Å². The van der Waals surface area contributed by atoms with Crippen molar-refractivity contribution in [1.29, 1.82) is 0 Å². The molecule has 0 aliphatic carbocycles. The Balaban J connectivity index is 1.31. The summed E-state index contributed by atoms with van der Waals surface area (Å²) in [5.74, 6) is -1.89. The molecule has 3 amide bonds. The molecule has 5 rings (SSSR count). The third-order valence-electron chi connectivity index (χ3n) is 20.1. The highest BCUT2D eigenvalue weighted by Crippen LogP contribution is 2.38. The second kappa shape index (κ2) is 50.0. The normalized spacial score (nSPS) is 34.9. The number of aliphatic hydroxyl groups is 15. The largest absolute Gasteiger partial charge is 0.394 e. The number of carbonyl (C=O) groups excluding carboxylic acids is 3. The molecule has 10 unspecified atom stereocenters. The van der Waals surface area contributed by atoms with Gasteiger partial charge < -0.3 is 140 Å². The highest BCUT2D eigenvalue weighted by Gasteiger charge is 2.58. The summed E-state index contributed by atoms with van der Waals surface area (Å²) in [6.45, 7) is 1.20. The lowest BCUT2D eigenvalue weighted by Gasteiger charge is -2.51. The number of hydrogen-bond acceptors (Lipinski definition) is 28. The van der Waals surface area contributed by atoms with Crippen LogP contribution in [0.15, 0.2) is 12.2 Å². The molecular formula is C72H131N3O28. The minimum Gasteiger partial charge on any atom is -0.394 e. The molecule has 0 bridgehead atoms. The number of nitrogens with one attached hydrogen (secondary N) is 3. The molecular weight excluding hydrogens is 1350 g/mol. The molecule has 31 nitrogen and oxygen atoms in total. The lowest BCUT2D eigenvalue weighted by Crippen LogP contribution is -2.70. The zero-order valence-electron chi connectivity index (χ0n) is 61.2. The summed E-state index contributed by atoms with van der Waals surface area (Å²) >= 11 is 0. The van der Waals surface area contributed by atoms with Crippen molar-refractivity contribution in [3.63, 3.8) is 0 Å². The van der Waals surface area contributed by atoms with Gasteiger partial charge in [0.15, 0.2) is 31.5 Å². The SMILES string of the molecule is CCCCCCCCCCCCC/C=C/[C@@H](O)[C@H](CO[C@@H]1OC(CO)[C@@H](O[C@@H]2OC(CO)[C@H](O[C@@H]3OC(CO)[C@H](O)[C@H](O)C3NC(C)=O)[C@H](O[C@H]3OC(CO)[C@H](O)[C@H](O[C@@H]4OC(CO)[C@@H](O)[C@H](O)C4NC(C)=O)C3O)C2O)[C@H](O)C1O)NC(=O)CCCCCCCCCCCCCCCCCCC. The van der Waals surface area contributed by atoms with Crippen molar-refractivity contribution in [1.82, 2.24) is 16.0 Å². The summed E-state index contributed by atoms with van der Waals surface area (Å²) < 4.78 is 60.1. The Morgan fingerprint density at radius 3 is 1.17 bits per heavy atom. The summed E-state index contributed by atoms with van der Waals surface area (Å²) in [5.41, 5.74) is 0. The van der Waals surface area contributed by atoms with Crippen LogP contribution in [0.1, 0.15) is 220 Å². The third kappa shape index (κ3) is 29.5. The maximum Gasteiger partial charge on any atom is 0.220 e. The standard InChI is InChI=1S/C72H131N3O28/c1-5-7-9-11-13-15-17-19-20-21-22-24-26-28-30-32-34-36-52(84)75-45(46(83)35-33-31-29-27-25-23-18-16-14-12-10-8-6-2)42-94-70-61(91)60(90)64(50(40-79)98-70)100-72-63(93)67(65(51(41-80)99-72)101-68-53(73-43(3)81)58(88)55(85)47(37-76)95-68)103-71-62(92)66(57(87)49(39-78)97-71)102-69-54(74-44(4)82)59(89)56(86)48(38-77)96-69/h33,35,45-51,53-72,76-80,83,85-93H,5-32,34,36-42H2,1-4H3,(H,73,81)(H,74,82)(H,75,84)/b35-33+/t45-,46+,47?,48?,49?,50?,51?,53?,54?,55-,56+,57-,58+,59+,60+,61?,62?,63?,64+,65-,66-,67+,68-,69-,70+,71+,72-/m0/s1. The summed E-state index contributed by atoms with van der Waals surface area (Å²) in [5, 5.41) is 175. The van der Waals surface area contributed by atoms with Gasteiger partial charge in [-0.3, -0.25) is 14.4 Å². The number of amides is 3. The fraction of sp³-hybridized carbons (Fsp3) is 0.931. The predicted octanol–water partition coefficient (Wildman–Crippen LogP) is 0.532. The lowest BCUT2D eigenvalue weighted by atomic mass is 9.94. The van der Waals surface area contributed by atoms with Crippen molar-refractivity contribution in [3.8, 4) is 0 Å². The van der Waals surface area contributed by atoms with Crippen LogP contribution in [0.4, 0.5) is 0 Å². The third-order valence-corrected chi connectivity index (χ3v) is 20.1. The van der Waals surface area contributed by atoms with E-state index in [1.807, 2.05) is 6.08 Å². The number of carbonyl (C=O) groups is 3. The van der Waals surface area contributed by atoms with Gasteiger partial charge in [-0.1, -0.05) is 193 Å². The van der Waals surface area contributed by atoms with Crippen molar-refractivity contribution in [2.24, 2.45) is 0 Å². The first kappa shape index (κ1) is 90.8. The van der Waals surface area contributed by atoms with E-state index in [1.165, 1.54) is 122 Å². The zero-order chi connectivity index (χ0) is 75.4. The van der Waals surface area contributed by atoms with E-state index in [4.69, 9.17) is 47.4 Å². The highest BCUT2D eigenvalue weighted by atomic mass is 16.8. The Hall–Kier alpha value is -2.85. The van der Waals surface area contributed by atoms with Gasteiger partial charge in [-0.25, -0.2) is 0 Å². The van der Waals surface area contributed by atoms with Gasteiger partial charge in [0.2, 0.25) is 17.7 Å². The lowest BCUT2D eigenvalue weighted by molar-refractivity contribution is -0.400. The van der Waals surface area contributed by atoms with E-state index >= 15 is 0 Å². The summed E-state index contributed by atoms with van der Waals surface area (Å²) in [6, 6.07) is -4.38. The molecule has 5 aliphatic heterocycles. The van der Waals surface area contributed by atoms with Gasteiger partial charge in [0, 0.05) is 20.3 Å². The predicted molar refractivity (Wildman–Crippen MR) is 370 cm³/mol. The average Bonchev–Trinajstić information content (AvgIpc) is 0.768. The molecule has 0 saturated carbocycles. The van der Waals surface area contributed by atoms with Crippen LogP contribution in [0.2, 0.25) is 0 Å². The topological polar surface area (TPSA) is 483 Å². The molecule has 5 aliphatic rings. The molecule has 0 spiro atoms. The first-order valence-corrected chi connectivity index (χ1v) is 38.5. The van der Waals surface area contributed by atoms with Crippen molar-refractivity contribution >= 4 is 17.7 Å². The fourth-order valence-electron chi connectivity index (χ4n) is 14.0. The van der Waals surface area contributed by atoms with Gasteiger partial charge in [-0.2, -0.15) is 0 Å². The van der Waals surface area contributed by atoms with E-state index in [0.717, 1.165) is 65.2 Å². The monoisotopic (exact) mass is 1490 g/mol. The smallest absolute Gasteiger partial charge is 0.220 e. The molecule has 103 heavy (non-hydrogen) atoms. The number of unbranched alkanes of at least 4 members (excludes halogenated alkanes) is 27. The quantitative estimate of drug-likeness (QED) is 0.0292. The van der Waals surface area contributed by atoms with Crippen LogP contribution in [0.25, 0.3) is 0 Å². The minimum absolute atomic E-state index is 0.170. The Labute approximate surface area is 607 Å². The second-order valence-electron chi connectivity index (χ2n) is 28.6. The first-order valence-electron chi connectivity index (χ1n) is 38.5. The van der Waals surface area contributed by atoms with Crippen LogP contribution in [-0.4, -0.2) is 300 Å². The van der Waals surface area contributed by atoms with Crippen LogP contribution in [-0.2, 0) is 61.8 Å². The molecule has 602 valence electrons. The molecule has 27 atom stereocenters. The molecule has 0 radical (unpaired) electrons. The second-order valence-corrected chi connectivity index (χ2v) is 28.6. The number of ether oxygens (including phenoxy) is 10. The number of rotatable bonds is 51. The molecule has 0 aromatic heterocycles. The average molecular weight is 1490 g/mol. The van der Waals surface area contributed by atoms with E-state index in [9.17, 15) is 91.0 Å². The van der Waals surface area contributed by atoms with Gasteiger partial charge >= 0.3 is 0 Å². The van der Waals surface area contributed by atoms with Crippen molar-refractivity contribution < 1.29 is 138 Å². The van der Waals surface area contributed by atoms with Gasteiger partial charge in [-0.05, 0) is 19.3 Å². The Bertz CT molecular complexity index is 2310. The summed E-state index contributed by atoms with van der Waals surface area (Å²) in [6.07, 6.45) is -8.25. The van der Waals surface area contributed by atoms with Crippen molar-refractivity contribution in [3.05, 3.63) is 12.2 Å². The first-order chi connectivity index (χ1) is 49.6. The van der Waals surface area contributed by atoms with Crippen LogP contribution in [0.3, 0.4) is 0 Å². The van der Waals surface area contributed by atoms with Gasteiger partial charge in [0.1, 0.15) is 122 Å². The molecule has 31 heteroatoms. The number of allylic oxidation sites excluding steroid dienone is 1. The number of aliphatic hydroxyl groups excluding tert-OH is 15. The van der Waals surface area contributed by atoms with Crippen LogP contribution < -0.4 is 16.0 Å². The van der Waals surface area contributed by atoms with E-state index in [1.54, 1.807) is 6.08 Å². The molecule has 5 heterocycles. The molecule has 5 fully saturated rings. The van der Waals surface area contributed by atoms with E-state index < -0.39 is 217 Å². The maximum absolute atomic E-state index is 13.6. The zero-order valence-corrected chi connectivity index (χ0v) is 61.2. The van der Waals surface area contributed by atoms with Gasteiger partial charge in [0.25, 0.3) is 0 Å². The Kier molecular flexibility index (Phi) is 44.1. The van der Waals surface area contributed by atoms with Gasteiger partial charge in [-0.15, -0.1) is 0 Å². The summed E-state index contributed by atoms with van der Waals surface area (Å²) in [7, 11) is 0. The Morgan fingerprint density at radius 1 is 0.379 bits per heavy atom. The van der Waals surface area contributed by atoms with Crippen molar-refractivity contribution in [2.75, 3.05) is 39.6 Å². The number of hydrogen-bond donors (Lipinski definition) is 18. The minimum atomic E-state index is -2.31. The molecule has 18 N–H and O–H groups in total. The van der Waals surface area contributed by atoms with Crippen LogP contribution >= 0.6 is 0 Å². The molecule has 5 saturated heterocycles. The molecule has 0 aromatic rings. The van der Waals surface area contributed by atoms with E-state index in [-0.39, 0.29) is 12.3 Å².